The van der Waals surface area contributed by atoms with E-state index in [-0.39, 0.29) is 16.0 Å². The molecule has 7 heteroatoms. The van der Waals surface area contributed by atoms with E-state index in [0.29, 0.717) is 5.69 Å². The molecule has 2 aromatic rings. The molecule has 21 heavy (non-hydrogen) atoms. The number of nitrogens with zero attached hydrogens (tertiary/aromatic N) is 1. The molecule has 0 unspecified atom stereocenters. The number of benzene rings is 1. The summed E-state index contributed by atoms with van der Waals surface area (Å²) in [5.74, 6) is 0. The first-order chi connectivity index (χ1) is 9.75. The molecule has 2 rings (SSSR count). The fraction of sp³-hybridized carbons (Fsp3) is 0.357. The molecule has 0 bridgehead atoms. The van der Waals surface area contributed by atoms with Crippen LogP contribution in [-0.2, 0) is 22.0 Å². The van der Waals surface area contributed by atoms with Crippen molar-refractivity contribution in [1.82, 2.24) is 10.2 Å². The van der Waals surface area contributed by atoms with Gasteiger partial charge >= 0.3 is 0 Å². The van der Waals surface area contributed by atoms with Crippen molar-refractivity contribution in [2.24, 2.45) is 0 Å². The van der Waals surface area contributed by atoms with Crippen molar-refractivity contribution >= 4 is 15.7 Å². The number of nitrogens with one attached hydrogen (secondary N) is 2. The summed E-state index contributed by atoms with van der Waals surface area (Å²) in [4.78, 5) is 0. The standard InChI is InChI=1S/C14H19N3O3S/c1-14(2,3)11-6-4-5-7-12(11)17-21(19,20)13-10(9-18)8-15-16-13/h4-8,17-18H,9H2,1-3H3,(H,15,16). The molecular weight excluding hydrogens is 290 g/mol. The van der Waals surface area contributed by atoms with Crippen LogP contribution < -0.4 is 4.72 Å². The third kappa shape index (κ3) is 3.25. The van der Waals surface area contributed by atoms with E-state index in [1.807, 2.05) is 32.9 Å². The van der Waals surface area contributed by atoms with Gasteiger partial charge in [-0.05, 0) is 17.0 Å². The second-order valence-corrected chi connectivity index (χ2v) is 7.40. The van der Waals surface area contributed by atoms with Gasteiger partial charge in [0.1, 0.15) is 0 Å². The first-order valence-corrected chi connectivity index (χ1v) is 7.99. The Morgan fingerprint density at radius 1 is 1.29 bits per heavy atom. The van der Waals surface area contributed by atoms with E-state index in [1.54, 1.807) is 12.1 Å². The Morgan fingerprint density at radius 3 is 2.57 bits per heavy atom. The average Bonchev–Trinajstić information content (AvgIpc) is 2.86. The zero-order valence-electron chi connectivity index (χ0n) is 12.2. The number of anilines is 1. The van der Waals surface area contributed by atoms with Crippen LogP contribution in [0.15, 0.2) is 35.5 Å². The lowest BCUT2D eigenvalue weighted by Gasteiger charge is -2.23. The van der Waals surface area contributed by atoms with Crippen molar-refractivity contribution in [3.63, 3.8) is 0 Å². The zero-order valence-corrected chi connectivity index (χ0v) is 13.0. The fourth-order valence-corrected chi connectivity index (χ4v) is 3.27. The third-order valence-corrected chi connectivity index (χ3v) is 4.48. The van der Waals surface area contributed by atoms with Gasteiger partial charge < -0.3 is 5.11 Å². The molecule has 0 aliphatic rings. The number of rotatable bonds is 4. The van der Waals surface area contributed by atoms with Crippen molar-refractivity contribution in [2.45, 2.75) is 37.8 Å². The van der Waals surface area contributed by atoms with Crippen molar-refractivity contribution < 1.29 is 13.5 Å². The van der Waals surface area contributed by atoms with Crippen molar-refractivity contribution in [3.05, 3.63) is 41.6 Å². The van der Waals surface area contributed by atoms with Crippen LogP contribution in [0.1, 0.15) is 31.9 Å². The largest absolute Gasteiger partial charge is 0.392 e. The zero-order chi connectivity index (χ0) is 15.7. The first kappa shape index (κ1) is 15.5. The van der Waals surface area contributed by atoms with Crippen molar-refractivity contribution in [2.75, 3.05) is 4.72 Å². The van der Waals surface area contributed by atoms with E-state index < -0.39 is 16.6 Å². The summed E-state index contributed by atoms with van der Waals surface area (Å²) in [6.45, 7) is 5.63. The normalized spacial score (nSPS) is 12.4. The Balaban J connectivity index is 2.43. The Labute approximate surface area is 124 Å². The van der Waals surface area contributed by atoms with Gasteiger partial charge in [0, 0.05) is 5.56 Å². The van der Waals surface area contributed by atoms with Crippen LogP contribution in [0.3, 0.4) is 0 Å². The monoisotopic (exact) mass is 309 g/mol. The lowest BCUT2D eigenvalue weighted by molar-refractivity contribution is 0.278. The first-order valence-electron chi connectivity index (χ1n) is 6.51. The minimum atomic E-state index is -3.82. The van der Waals surface area contributed by atoms with Crippen molar-refractivity contribution in [1.29, 1.82) is 0 Å². The summed E-state index contributed by atoms with van der Waals surface area (Å²) in [6, 6.07) is 7.24. The highest BCUT2D eigenvalue weighted by molar-refractivity contribution is 7.92. The van der Waals surface area contributed by atoms with E-state index in [9.17, 15) is 8.42 Å². The summed E-state index contributed by atoms with van der Waals surface area (Å²) in [6.07, 6.45) is 1.30. The van der Waals surface area contributed by atoms with Gasteiger partial charge in [0.25, 0.3) is 10.0 Å². The highest BCUT2D eigenvalue weighted by Crippen LogP contribution is 2.30. The maximum atomic E-state index is 12.4. The van der Waals surface area contributed by atoms with Gasteiger partial charge in [0.05, 0.1) is 18.5 Å². The Hall–Kier alpha value is -1.86. The molecule has 0 fully saturated rings. The summed E-state index contributed by atoms with van der Waals surface area (Å²) >= 11 is 0. The van der Waals surface area contributed by atoms with Crippen LogP contribution in [0.5, 0.6) is 0 Å². The summed E-state index contributed by atoms with van der Waals surface area (Å²) < 4.78 is 27.4. The number of sulfonamides is 1. The second kappa shape index (κ2) is 5.50. The number of para-hydroxylation sites is 1. The molecule has 6 nitrogen and oxygen atoms in total. The van der Waals surface area contributed by atoms with E-state index in [2.05, 4.69) is 14.9 Å². The summed E-state index contributed by atoms with van der Waals surface area (Å²) in [7, 11) is -3.82. The van der Waals surface area contributed by atoms with Gasteiger partial charge in [0.15, 0.2) is 5.03 Å². The fourth-order valence-electron chi connectivity index (χ4n) is 2.07. The molecule has 1 heterocycles. The van der Waals surface area contributed by atoms with Crippen LogP contribution >= 0.6 is 0 Å². The number of aliphatic hydroxyl groups is 1. The topological polar surface area (TPSA) is 95.1 Å². The number of H-pyrrole nitrogens is 1. The number of aliphatic hydroxyl groups excluding tert-OH is 1. The molecule has 3 N–H and O–H groups in total. The molecular formula is C14H19N3O3S. The minimum Gasteiger partial charge on any atom is -0.392 e. The second-order valence-electron chi connectivity index (χ2n) is 5.78. The molecule has 0 aliphatic carbocycles. The predicted octanol–water partition coefficient (Wildman–Crippen LogP) is 2.00. The SMILES string of the molecule is CC(C)(C)c1ccccc1NS(=O)(=O)c1[nH]ncc1CO. The predicted molar refractivity (Wildman–Crippen MR) is 80.5 cm³/mol. The molecule has 0 saturated heterocycles. The molecule has 1 aromatic heterocycles. The highest BCUT2D eigenvalue weighted by atomic mass is 32.2. The summed E-state index contributed by atoms with van der Waals surface area (Å²) in [5.41, 5.74) is 1.44. The lowest BCUT2D eigenvalue weighted by Crippen LogP contribution is -2.20. The number of aromatic nitrogens is 2. The van der Waals surface area contributed by atoms with Gasteiger partial charge in [-0.3, -0.25) is 9.82 Å². The maximum absolute atomic E-state index is 12.4. The van der Waals surface area contributed by atoms with E-state index in [4.69, 9.17) is 5.11 Å². The third-order valence-electron chi connectivity index (χ3n) is 3.10. The van der Waals surface area contributed by atoms with Gasteiger partial charge in [-0.1, -0.05) is 39.0 Å². The number of hydrogen-bond acceptors (Lipinski definition) is 4. The number of aromatic amines is 1. The van der Waals surface area contributed by atoms with Crippen LogP contribution in [-0.4, -0.2) is 23.7 Å². The van der Waals surface area contributed by atoms with E-state index in [0.717, 1.165) is 5.56 Å². The Morgan fingerprint density at radius 2 is 1.95 bits per heavy atom. The number of hydrogen-bond donors (Lipinski definition) is 3. The molecule has 0 atom stereocenters. The molecule has 0 spiro atoms. The lowest BCUT2D eigenvalue weighted by atomic mass is 9.86. The van der Waals surface area contributed by atoms with Crippen LogP contribution in [0.4, 0.5) is 5.69 Å². The van der Waals surface area contributed by atoms with Crippen LogP contribution in [0, 0.1) is 0 Å². The van der Waals surface area contributed by atoms with Gasteiger partial charge in [-0.2, -0.15) is 13.5 Å². The molecule has 1 aromatic carbocycles. The van der Waals surface area contributed by atoms with E-state index >= 15 is 0 Å². The molecule has 0 radical (unpaired) electrons. The van der Waals surface area contributed by atoms with Gasteiger partial charge in [-0.25, -0.2) is 0 Å². The Bertz CT molecular complexity index is 730. The van der Waals surface area contributed by atoms with Crippen LogP contribution in [0.25, 0.3) is 0 Å². The highest BCUT2D eigenvalue weighted by Gasteiger charge is 2.24. The Kier molecular flexibility index (Phi) is 4.06. The van der Waals surface area contributed by atoms with Gasteiger partial charge in [-0.15, -0.1) is 0 Å². The smallest absolute Gasteiger partial charge is 0.279 e. The van der Waals surface area contributed by atoms with Crippen LogP contribution in [0.2, 0.25) is 0 Å². The van der Waals surface area contributed by atoms with Crippen molar-refractivity contribution in [3.8, 4) is 0 Å². The van der Waals surface area contributed by atoms with E-state index in [1.165, 1.54) is 6.20 Å². The van der Waals surface area contributed by atoms with Gasteiger partial charge in [0.2, 0.25) is 0 Å². The minimum absolute atomic E-state index is 0.117. The molecule has 114 valence electrons. The molecule has 0 aliphatic heterocycles. The quantitative estimate of drug-likeness (QED) is 0.805. The summed E-state index contributed by atoms with van der Waals surface area (Å²) in [5, 5.41) is 15.1. The molecule has 0 saturated carbocycles. The maximum Gasteiger partial charge on any atom is 0.279 e. The average molecular weight is 309 g/mol. The molecule has 0 amide bonds.